The molecule has 0 aliphatic rings. The van der Waals surface area contributed by atoms with E-state index >= 15 is 0 Å². The average Bonchev–Trinajstić information content (AvgIpc) is 2.69. The minimum Gasteiger partial charge on any atom is -0.352 e. The SMILES string of the molecule is Cc1cc(CNc2nccn2C)cc(C)c1F. The van der Waals surface area contributed by atoms with Crippen molar-refractivity contribution in [3.8, 4) is 0 Å². The van der Waals surface area contributed by atoms with Crippen molar-refractivity contribution in [2.45, 2.75) is 20.4 Å². The molecular formula is C13H16FN3. The Balaban J connectivity index is 2.12. The Morgan fingerprint density at radius 3 is 2.47 bits per heavy atom. The number of anilines is 1. The molecule has 1 aromatic heterocycles. The van der Waals surface area contributed by atoms with E-state index in [9.17, 15) is 4.39 Å². The summed E-state index contributed by atoms with van der Waals surface area (Å²) in [4.78, 5) is 4.17. The molecule has 0 spiro atoms. The minimum atomic E-state index is -0.120. The number of aryl methyl sites for hydroxylation is 3. The molecule has 0 aliphatic heterocycles. The van der Waals surface area contributed by atoms with Crippen LogP contribution in [0.1, 0.15) is 16.7 Å². The zero-order valence-corrected chi connectivity index (χ0v) is 10.3. The number of nitrogens with zero attached hydrogens (tertiary/aromatic N) is 2. The highest BCUT2D eigenvalue weighted by molar-refractivity contribution is 5.34. The number of halogens is 1. The van der Waals surface area contributed by atoms with E-state index in [1.165, 1.54) is 0 Å². The van der Waals surface area contributed by atoms with Crippen molar-refractivity contribution in [3.05, 3.63) is 47.0 Å². The van der Waals surface area contributed by atoms with E-state index in [-0.39, 0.29) is 5.82 Å². The first-order valence-electron chi connectivity index (χ1n) is 5.54. The van der Waals surface area contributed by atoms with Crippen molar-refractivity contribution < 1.29 is 4.39 Å². The van der Waals surface area contributed by atoms with Gasteiger partial charge in [-0.1, -0.05) is 12.1 Å². The quantitative estimate of drug-likeness (QED) is 0.883. The Bertz CT molecular complexity index is 508. The van der Waals surface area contributed by atoms with Gasteiger partial charge in [0, 0.05) is 26.0 Å². The molecule has 0 radical (unpaired) electrons. The van der Waals surface area contributed by atoms with E-state index in [1.807, 2.05) is 29.9 Å². The van der Waals surface area contributed by atoms with Crippen LogP contribution in [-0.2, 0) is 13.6 Å². The molecule has 0 saturated heterocycles. The molecule has 0 unspecified atom stereocenters. The van der Waals surface area contributed by atoms with E-state index in [2.05, 4.69) is 10.3 Å². The average molecular weight is 233 g/mol. The molecule has 1 heterocycles. The maximum absolute atomic E-state index is 13.5. The molecular weight excluding hydrogens is 217 g/mol. The third-order valence-corrected chi connectivity index (χ3v) is 2.77. The van der Waals surface area contributed by atoms with Gasteiger partial charge in [0.1, 0.15) is 5.82 Å². The summed E-state index contributed by atoms with van der Waals surface area (Å²) in [6.07, 6.45) is 3.62. The van der Waals surface area contributed by atoms with Crippen molar-refractivity contribution in [3.63, 3.8) is 0 Å². The van der Waals surface area contributed by atoms with Gasteiger partial charge in [0.25, 0.3) is 0 Å². The highest BCUT2D eigenvalue weighted by Gasteiger charge is 2.05. The second-order valence-electron chi connectivity index (χ2n) is 4.26. The number of aromatic nitrogens is 2. The number of hydrogen-bond acceptors (Lipinski definition) is 2. The first-order chi connectivity index (χ1) is 8.08. The molecule has 1 N–H and O–H groups in total. The molecule has 0 saturated carbocycles. The van der Waals surface area contributed by atoms with Gasteiger partial charge in [-0.25, -0.2) is 9.37 Å². The molecule has 0 amide bonds. The van der Waals surface area contributed by atoms with Crippen molar-refractivity contribution in [1.29, 1.82) is 0 Å². The van der Waals surface area contributed by atoms with Crippen LogP contribution >= 0.6 is 0 Å². The van der Waals surface area contributed by atoms with Crippen molar-refractivity contribution in [1.82, 2.24) is 9.55 Å². The Kier molecular flexibility index (Phi) is 3.13. The van der Waals surface area contributed by atoms with Gasteiger partial charge in [0.15, 0.2) is 0 Å². The van der Waals surface area contributed by atoms with E-state index in [4.69, 9.17) is 0 Å². The molecule has 0 aliphatic carbocycles. The summed E-state index contributed by atoms with van der Waals surface area (Å²) in [5, 5.41) is 3.21. The summed E-state index contributed by atoms with van der Waals surface area (Å²) < 4.78 is 15.4. The molecule has 0 bridgehead atoms. The predicted molar refractivity (Wildman–Crippen MR) is 66.4 cm³/mol. The molecule has 2 rings (SSSR count). The van der Waals surface area contributed by atoms with Crippen LogP contribution in [0.15, 0.2) is 24.5 Å². The fourth-order valence-electron chi connectivity index (χ4n) is 1.85. The zero-order valence-electron chi connectivity index (χ0n) is 10.3. The maximum Gasteiger partial charge on any atom is 0.202 e. The van der Waals surface area contributed by atoms with Gasteiger partial charge in [-0.3, -0.25) is 0 Å². The fraction of sp³-hybridized carbons (Fsp3) is 0.308. The van der Waals surface area contributed by atoms with Crippen LogP contribution in [0.4, 0.5) is 10.3 Å². The predicted octanol–water partition coefficient (Wildman–Crippen LogP) is 2.79. The molecule has 0 atom stereocenters. The van der Waals surface area contributed by atoms with Gasteiger partial charge in [-0.15, -0.1) is 0 Å². The van der Waals surface area contributed by atoms with Crippen LogP contribution in [-0.4, -0.2) is 9.55 Å². The maximum atomic E-state index is 13.5. The summed E-state index contributed by atoms with van der Waals surface area (Å²) in [5.41, 5.74) is 2.42. The van der Waals surface area contributed by atoms with Gasteiger partial charge in [0.2, 0.25) is 5.95 Å². The lowest BCUT2D eigenvalue weighted by Crippen LogP contribution is -2.05. The first-order valence-corrected chi connectivity index (χ1v) is 5.54. The highest BCUT2D eigenvalue weighted by Crippen LogP contribution is 2.15. The van der Waals surface area contributed by atoms with Crippen LogP contribution in [0.2, 0.25) is 0 Å². The second-order valence-corrected chi connectivity index (χ2v) is 4.26. The number of rotatable bonds is 3. The van der Waals surface area contributed by atoms with E-state index < -0.39 is 0 Å². The van der Waals surface area contributed by atoms with Gasteiger partial charge >= 0.3 is 0 Å². The highest BCUT2D eigenvalue weighted by atomic mass is 19.1. The molecule has 90 valence electrons. The minimum absolute atomic E-state index is 0.120. The Labute approximate surface area is 100 Å². The molecule has 17 heavy (non-hydrogen) atoms. The number of imidazole rings is 1. The summed E-state index contributed by atoms with van der Waals surface area (Å²) in [7, 11) is 1.93. The molecule has 1 aromatic carbocycles. The van der Waals surface area contributed by atoms with Crippen LogP contribution in [0.25, 0.3) is 0 Å². The topological polar surface area (TPSA) is 29.9 Å². The second kappa shape index (κ2) is 4.57. The lowest BCUT2D eigenvalue weighted by atomic mass is 10.1. The summed E-state index contributed by atoms with van der Waals surface area (Å²) in [5.74, 6) is 0.690. The molecule has 4 heteroatoms. The monoisotopic (exact) mass is 233 g/mol. The molecule has 2 aromatic rings. The van der Waals surface area contributed by atoms with E-state index in [1.54, 1.807) is 20.0 Å². The number of benzene rings is 1. The van der Waals surface area contributed by atoms with Gasteiger partial charge in [0.05, 0.1) is 0 Å². The fourth-order valence-corrected chi connectivity index (χ4v) is 1.85. The van der Waals surface area contributed by atoms with Crippen LogP contribution in [0.5, 0.6) is 0 Å². The third kappa shape index (κ3) is 2.46. The van der Waals surface area contributed by atoms with Gasteiger partial charge in [-0.2, -0.15) is 0 Å². The van der Waals surface area contributed by atoms with Crippen molar-refractivity contribution >= 4 is 5.95 Å². The summed E-state index contributed by atoms with van der Waals surface area (Å²) in [6, 6.07) is 3.72. The number of hydrogen-bond donors (Lipinski definition) is 1. The largest absolute Gasteiger partial charge is 0.352 e. The number of nitrogens with one attached hydrogen (secondary N) is 1. The van der Waals surface area contributed by atoms with Crippen LogP contribution in [0.3, 0.4) is 0 Å². The van der Waals surface area contributed by atoms with Gasteiger partial charge < -0.3 is 9.88 Å². The Hall–Kier alpha value is -1.84. The smallest absolute Gasteiger partial charge is 0.202 e. The zero-order chi connectivity index (χ0) is 12.4. The lowest BCUT2D eigenvalue weighted by Gasteiger charge is -2.09. The van der Waals surface area contributed by atoms with Crippen molar-refractivity contribution in [2.24, 2.45) is 7.05 Å². The van der Waals surface area contributed by atoms with Crippen LogP contribution < -0.4 is 5.32 Å². The summed E-state index contributed by atoms with van der Waals surface area (Å²) in [6.45, 7) is 4.21. The molecule has 3 nitrogen and oxygen atoms in total. The standard InChI is InChI=1S/C13H16FN3/c1-9-6-11(7-10(2)12(9)14)8-16-13-15-4-5-17(13)3/h4-7H,8H2,1-3H3,(H,15,16). The van der Waals surface area contributed by atoms with E-state index in [0.717, 1.165) is 11.5 Å². The van der Waals surface area contributed by atoms with E-state index in [0.29, 0.717) is 17.7 Å². The lowest BCUT2D eigenvalue weighted by molar-refractivity contribution is 0.608. The summed E-state index contributed by atoms with van der Waals surface area (Å²) >= 11 is 0. The van der Waals surface area contributed by atoms with Crippen LogP contribution in [0, 0.1) is 19.7 Å². The normalized spacial score (nSPS) is 10.6. The third-order valence-electron chi connectivity index (χ3n) is 2.77. The molecule has 0 fully saturated rings. The van der Waals surface area contributed by atoms with Gasteiger partial charge in [-0.05, 0) is 30.5 Å². The Morgan fingerprint density at radius 2 is 1.94 bits per heavy atom. The first kappa shape index (κ1) is 11.6. The Morgan fingerprint density at radius 1 is 1.29 bits per heavy atom. The van der Waals surface area contributed by atoms with Crippen molar-refractivity contribution in [2.75, 3.05) is 5.32 Å².